The first-order valence-electron chi connectivity index (χ1n) is 8.44. The van der Waals surface area contributed by atoms with Crippen LogP contribution >= 0.6 is 0 Å². The smallest absolute Gasteiger partial charge is 0.253 e. The number of carbonyl (C=O) groups is 1. The number of aryl methyl sites for hydroxylation is 1. The maximum Gasteiger partial charge on any atom is 0.253 e. The highest BCUT2D eigenvalue weighted by Crippen LogP contribution is 2.31. The van der Waals surface area contributed by atoms with Gasteiger partial charge in [0.2, 0.25) is 0 Å². The number of nitrogens with one attached hydrogen (secondary N) is 1. The fourth-order valence-corrected chi connectivity index (χ4v) is 2.32. The molecule has 1 unspecified atom stereocenters. The highest BCUT2D eigenvalue weighted by Gasteiger charge is 2.16. The number of aliphatic hydroxyl groups excluding tert-OH is 1. The first kappa shape index (κ1) is 20.1. The SMILES string of the molecule is C#CCOc1ccc(OCCNC(=O)C(O)c2ccc(C)cc2)cc1OC. The Labute approximate surface area is 159 Å². The van der Waals surface area contributed by atoms with E-state index in [1.165, 1.54) is 7.11 Å². The van der Waals surface area contributed by atoms with E-state index in [2.05, 4.69) is 11.2 Å². The second-order valence-corrected chi connectivity index (χ2v) is 5.76. The summed E-state index contributed by atoms with van der Waals surface area (Å²) in [5, 5.41) is 12.7. The molecule has 0 saturated heterocycles. The number of benzene rings is 2. The molecule has 6 nitrogen and oxygen atoms in total. The van der Waals surface area contributed by atoms with Crippen molar-refractivity contribution in [3.8, 4) is 29.6 Å². The summed E-state index contributed by atoms with van der Waals surface area (Å²) in [6.07, 6.45) is 3.97. The van der Waals surface area contributed by atoms with Gasteiger partial charge in [-0.05, 0) is 24.6 Å². The first-order chi connectivity index (χ1) is 13.0. The minimum atomic E-state index is -1.21. The van der Waals surface area contributed by atoms with Gasteiger partial charge in [-0.3, -0.25) is 4.79 Å². The van der Waals surface area contributed by atoms with E-state index in [4.69, 9.17) is 20.6 Å². The molecule has 6 heteroatoms. The third-order valence-electron chi connectivity index (χ3n) is 3.76. The van der Waals surface area contributed by atoms with Crippen molar-refractivity contribution in [2.75, 3.05) is 26.9 Å². The van der Waals surface area contributed by atoms with E-state index in [-0.39, 0.29) is 19.8 Å². The molecule has 0 aliphatic carbocycles. The summed E-state index contributed by atoms with van der Waals surface area (Å²) in [4.78, 5) is 12.0. The Morgan fingerprint density at radius 1 is 1.19 bits per heavy atom. The minimum Gasteiger partial charge on any atom is -0.493 e. The third-order valence-corrected chi connectivity index (χ3v) is 3.76. The lowest BCUT2D eigenvalue weighted by molar-refractivity contribution is -0.129. The second kappa shape index (κ2) is 10.1. The molecule has 142 valence electrons. The summed E-state index contributed by atoms with van der Waals surface area (Å²) in [5.41, 5.74) is 1.61. The number of terminal acetylenes is 1. The summed E-state index contributed by atoms with van der Waals surface area (Å²) in [7, 11) is 1.52. The Bertz CT molecular complexity index is 795. The fraction of sp³-hybridized carbons (Fsp3) is 0.286. The van der Waals surface area contributed by atoms with Crippen molar-refractivity contribution in [1.29, 1.82) is 0 Å². The van der Waals surface area contributed by atoms with Crippen LogP contribution in [0.5, 0.6) is 17.2 Å². The lowest BCUT2D eigenvalue weighted by Gasteiger charge is -2.14. The van der Waals surface area contributed by atoms with Crippen LogP contribution in [0.1, 0.15) is 17.2 Å². The Kier molecular flexibility index (Phi) is 7.53. The molecule has 0 spiro atoms. The van der Waals surface area contributed by atoms with Gasteiger partial charge in [0.15, 0.2) is 17.6 Å². The standard InChI is InChI=1S/C21H23NO5/c1-4-12-27-18-10-9-17(14-19(18)25-3)26-13-11-22-21(24)20(23)16-7-5-15(2)6-8-16/h1,5-10,14,20,23H,11-13H2,2-3H3,(H,22,24). The molecule has 0 aliphatic heterocycles. The molecule has 2 aromatic carbocycles. The molecule has 0 bridgehead atoms. The van der Waals surface area contributed by atoms with Crippen LogP contribution in [0, 0.1) is 19.3 Å². The Morgan fingerprint density at radius 3 is 2.59 bits per heavy atom. The van der Waals surface area contributed by atoms with Crippen LogP contribution in [0.3, 0.4) is 0 Å². The van der Waals surface area contributed by atoms with Gasteiger partial charge in [0.25, 0.3) is 5.91 Å². The number of aliphatic hydroxyl groups is 1. The van der Waals surface area contributed by atoms with Crippen molar-refractivity contribution in [1.82, 2.24) is 5.32 Å². The molecule has 2 aromatic rings. The summed E-state index contributed by atoms with van der Waals surface area (Å²) in [5.74, 6) is 3.50. The number of amides is 1. The molecule has 1 amide bonds. The van der Waals surface area contributed by atoms with Gasteiger partial charge < -0.3 is 24.6 Å². The summed E-state index contributed by atoms with van der Waals surface area (Å²) >= 11 is 0. The second-order valence-electron chi connectivity index (χ2n) is 5.76. The quantitative estimate of drug-likeness (QED) is 0.524. The molecule has 0 saturated carbocycles. The molecular formula is C21H23NO5. The van der Waals surface area contributed by atoms with Crippen molar-refractivity contribution >= 4 is 5.91 Å². The van der Waals surface area contributed by atoms with E-state index in [1.54, 1.807) is 30.3 Å². The van der Waals surface area contributed by atoms with Crippen LogP contribution in [0.25, 0.3) is 0 Å². The van der Waals surface area contributed by atoms with Crippen LogP contribution < -0.4 is 19.5 Å². The average Bonchev–Trinajstić information content (AvgIpc) is 2.69. The van der Waals surface area contributed by atoms with Crippen molar-refractivity contribution in [3.63, 3.8) is 0 Å². The van der Waals surface area contributed by atoms with E-state index in [0.29, 0.717) is 22.8 Å². The van der Waals surface area contributed by atoms with Crippen molar-refractivity contribution in [2.24, 2.45) is 0 Å². The topological polar surface area (TPSA) is 77.0 Å². The van der Waals surface area contributed by atoms with Crippen LogP contribution in [-0.4, -0.2) is 37.9 Å². The molecule has 2 N–H and O–H groups in total. The fourth-order valence-electron chi connectivity index (χ4n) is 2.32. The summed E-state index contributed by atoms with van der Waals surface area (Å²) < 4.78 is 16.2. The molecule has 0 fully saturated rings. The Hall–Kier alpha value is -3.17. The summed E-state index contributed by atoms with van der Waals surface area (Å²) in [6, 6.07) is 12.2. The van der Waals surface area contributed by atoms with Gasteiger partial charge in [-0.2, -0.15) is 0 Å². The molecule has 0 aromatic heterocycles. The van der Waals surface area contributed by atoms with E-state index in [1.807, 2.05) is 19.1 Å². The van der Waals surface area contributed by atoms with Gasteiger partial charge >= 0.3 is 0 Å². The molecule has 2 rings (SSSR count). The molecular weight excluding hydrogens is 346 g/mol. The normalized spacial score (nSPS) is 11.2. The van der Waals surface area contributed by atoms with Gasteiger partial charge in [0.05, 0.1) is 13.7 Å². The van der Waals surface area contributed by atoms with Crippen LogP contribution in [-0.2, 0) is 4.79 Å². The largest absolute Gasteiger partial charge is 0.493 e. The number of rotatable bonds is 9. The molecule has 27 heavy (non-hydrogen) atoms. The van der Waals surface area contributed by atoms with E-state index >= 15 is 0 Å². The molecule has 0 heterocycles. The minimum absolute atomic E-state index is 0.145. The van der Waals surface area contributed by atoms with Gasteiger partial charge in [-0.1, -0.05) is 35.7 Å². The number of hydrogen-bond acceptors (Lipinski definition) is 5. The van der Waals surface area contributed by atoms with E-state index < -0.39 is 12.0 Å². The summed E-state index contributed by atoms with van der Waals surface area (Å²) in [6.45, 7) is 2.57. The lowest BCUT2D eigenvalue weighted by atomic mass is 10.1. The number of methoxy groups -OCH3 is 1. The zero-order chi connectivity index (χ0) is 19.6. The van der Waals surface area contributed by atoms with Gasteiger partial charge in [-0.15, -0.1) is 6.42 Å². The van der Waals surface area contributed by atoms with E-state index in [9.17, 15) is 9.90 Å². The predicted octanol–water partition coefficient (Wildman–Crippen LogP) is 2.24. The monoisotopic (exact) mass is 369 g/mol. The van der Waals surface area contributed by atoms with Crippen molar-refractivity contribution in [2.45, 2.75) is 13.0 Å². The predicted molar refractivity (Wildman–Crippen MR) is 102 cm³/mol. The third kappa shape index (κ3) is 5.94. The van der Waals surface area contributed by atoms with Gasteiger partial charge in [0, 0.05) is 6.07 Å². The molecule has 1 atom stereocenters. The number of ether oxygens (including phenoxy) is 3. The first-order valence-corrected chi connectivity index (χ1v) is 8.44. The lowest BCUT2D eigenvalue weighted by Crippen LogP contribution is -2.32. The van der Waals surface area contributed by atoms with Crippen LogP contribution in [0.2, 0.25) is 0 Å². The highest BCUT2D eigenvalue weighted by molar-refractivity contribution is 5.81. The van der Waals surface area contributed by atoms with E-state index in [0.717, 1.165) is 5.56 Å². The Balaban J connectivity index is 1.81. The van der Waals surface area contributed by atoms with Crippen molar-refractivity contribution < 1.29 is 24.1 Å². The zero-order valence-corrected chi connectivity index (χ0v) is 15.4. The van der Waals surface area contributed by atoms with Crippen LogP contribution in [0.15, 0.2) is 42.5 Å². The van der Waals surface area contributed by atoms with Gasteiger partial charge in [-0.25, -0.2) is 0 Å². The zero-order valence-electron chi connectivity index (χ0n) is 15.4. The van der Waals surface area contributed by atoms with Crippen LogP contribution in [0.4, 0.5) is 0 Å². The average molecular weight is 369 g/mol. The maximum atomic E-state index is 12.0. The molecule has 0 radical (unpaired) electrons. The number of hydrogen-bond donors (Lipinski definition) is 2. The Morgan fingerprint density at radius 2 is 1.93 bits per heavy atom. The maximum absolute atomic E-state index is 12.0. The number of carbonyl (C=O) groups excluding carboxylic acids is 1. The highest BCUT2D eigenvalue weighted by atomic mass is 16.5. The molecule has 0 aliphatic rings. The van der Waals surface area contributed by atoms with Gasteiger partial charge in [0.1, 0.15) is 19.0 Å². The van der Waals surface area contributed by atoms with Crippen molar-refractivity contribution in [3.05, 3.63) is 53.6 Å².